The van der Waals surface area contributed by atoms with Crippen molar-refractivity contribution in [3.05, 3.63) is 0 Å². The monoisotopic (exact) mass is 446 g/mol. The lowest BCUT2D eigenvalue weighted by Crippen LogP contribution is -2.49. The number of hydrogen-bond donors (Lipinski definition) is 0. The van der Waals surface area contributed by atoms with Crippen molar-refractivity contribution in [2.75, 3.05) is 26.4 Å². The molecule has 0 aromatic carbocycles. The second kappa shape index (κ2) is 14.3. The second-order valence-corrected chi connectivity index (χ2v) is 17.7. The molecule has 0 aliphatic heterocycles. The molecule has 0 N–H and O–H groups in total. The van der Waals surface area contributed by atoms with Crippen LogP contribution in [-0.2, 0) is 17.7 Å². The maximum absolute atomic E-state index is 6.08. The van der Waals surface area contributed by atoms with Crippen LogP contribution < -0.4 is 0 Å². The molecule has 4 nitrogen and oxygen atoms in total. The highest BCUT2D eigenvalue weighted by atomic mass is 33.5. The first-order chi connectivity index (χ1) is 11.9. The van der Waals surface area contributed by atoms with Crippen molar-refractivity contribution in [2.24, 2.45) is 0 Å². The lowest BCUT2D eigenvalue weighted by atomic mass is 10.6. The molecule has 0 radical (unpaired) electrons. The zero-order valence-corrected chi connectivity index (χ0v) is 21.7. The fourth-order valence-electron chi connectivity index (χ4n) is 2.77. The van der Waals surface area contributed by atoms with Crippen LogP contribution in [0.1, 0.15) is 54.4 Å². The van der Waals surface area contributed by atoms with Crippen LogP contribution in [0.25, 0.3) is 0 Å². The van der Waals surface area contributed by atoms with Crippen molar-refractivity contribution in [1.82, 2.24) is 0 Å². The lowest BCUT2D eigenvalue weighted by molar-refractivity contribution is 0.186. The lowest BCUT2D eigenvalue weighted by Gasteiger charge is -2.34. The van der Waals surface area contributed by atoms with Gasteiger partial charge >= 0.3 is 17.1 Å². The molecule has 2 atom stereocenters. The molecule has 0 heterocycles. The van der Waals surface area contributed by atoms with Gasteiger partial charge in [-0.25, -0.2) is 0 Å². The summed E-state index contributed by atoms with van der Waals surface area (Å²) in [5.41, 5.74) is 0. The van der Waals surface area contributed by atoms with E-state index in [0.717, 1.165) is 39.3 Å². The van der Waals surface area contributed by atoms with Gasteiger partial charge in [0.1, 0.15) is 0 Å². The fraction of sp³-hybridized carbons (Fsp3) is 1.00. The summed E-state index contributed by atoms with van der Waals surface area (Å²) in [5, 5.41) is 0. The van der Waals surface area contributed by atoms with E-state index in [-0.39, 0.29) is 0 Å². The molecule has 25 heavy (non-hydrogen) atoms. The molecule has 9 heteroatoms. The van der Waals surface area contributed by atoms with Gasteiger partial charge in [0, 0.05) is 26.4 Å². The molecular weight excluding hydrogens is 409 g/mol. The molecule has 0 fully saturated rings. The Morgan fingerprint density at radius 3 is 1.08 bits per heavy atom. The van der Waals surface area contributed by atoms with Crippen LogP contribution in [0.3, 0.4) is 0 Å². The topological polar surface area (TPSA) is 36.9 Å². The largest absolute Gasteiger partial charge is 0.394 e. The third-order valence-corrected chi connectivity index (χ3v) is 19.4. The van der Waals surface area contributed by atoms with Crippen LogP contribution in [0.2, 0.25) is 13.1 Å². The van der Waals surface area contributed by atoms with E-state index in [1.54, 1.807) is 0 Å². The van der Waals surface area contributed by atoms with Gasteiger partial charge in [0.05, 0.1) is 9.75 Å². The third kappa shape index (κ3) is 8.91. The minimum Gasteiger partial charge on any atom is -0.394 e. The van der Waals surface area contributed by atoms with Gasteiger partial charge in [0.15, 0.2) is 0 Å². The summed E-state index contributed by atoms with van der Waals surface area (Å²) >= 11 is 0. The maximum Gasteiger partial charge on any atom is 0.349 e. The predicted molar refractivity (Wildman–Crippen MR) is 121 cm³/mol. The summed E-state index contributed by atoms with van der Waals surface area (Å²) in [4.78, 5) is 0.823. The van der Waals surface area contributed by atoms with Gasteiger partial charge in [-0.3, -0.25) is 0 Å². The van der Waals surface area contributed by atoms with Crippen LogP contribution in [0.4, 0.5) is 0 Å². The van der Waals surface area contributed by atoms with Gasteiger partial charge in [-0.1, -0.05) is 35.4 Å². The highest BCUT2D eigenvalue weighted by molar-refractivity contribution is 9.09. The van der Waals surface area contributed by atoms with Crippen molar-refractivity contribution >= 4 is 48.5 Å². The van der Waals surface area contributed by atoms with Crippen molar-refractivity contribution in [3.63, 3.8) is 0 Å². The van der Waals surface area contributed by atoms with E-state index >= 15 is 0 Å². The Morgan fingerprint density at radius 2 is 0.880 bits per heavy atom. The first kappa shape index (κ1) is 26.3. The van der Waals surface area contributed by atoms with E-state index in [4.69, 9.17) is 17.7 Å². The molecule has 0 aliphatic carbocycles. The van der Waals surface area contributed by atoms with Crippen molar-refractivity contribution < 1.29 is 17.7 Å². The van der Waals surface area contributed by atoms with Gasteiger partial charge in [0.2, 0.25) is 0 Å². The van der Waals surface area contributed by atoms with E-state index in [9.17, 15) is 0 Å². The average Bonchev–Trinajstić information content (AvgIpc) is 2.55. The van der Waals surface area contributed by atoms with E-state index in [1.165, 1.54) is 0 Å². The summed E-state index contributed by atoms with van der Waals surface area (Å²) in [6, 6.07) is 0. The van der Waals surface area contributed by atoms with E-state index < -0.39 is 17.1 Å². The van der Waals surface area contributed by atoms with Gasteiger partial charge < -0.3 is 17.7 Å². The van der Waals surface area contributed by atoms with E-state index in [2.05, 4.69) is 54.6 Å². The van der Waals surface area contributed by atoms with Crippen LogP contribution in [-0.4, -0.2) is 53.3 Å². The fourth-order valence-corrected chi connectivity index (χ4v) is 19.1. The zero-order valence-electron chi connectivity index (χ0n) is 17.3. The van der Waals surface area contributed by atoms with Crippen LogP contribution >= 0.6 is 31.4 Å². The van der Waals surface area contributed by atoms with E-state index in [0.29, 0.717) is 9.75 Å². The maximum atomic E-state index is 6.08. The van der Waals surface area contributed by atoms with Gasteiger partial charge in [-0.15, -0.1) is 0 Å². The summed E-state index contributed by atoms with van der Waals surface area (Å²) in [6.07, 6.45) is 2.12. The quantitative estimate of drug-likeness (QED) is 0.214. The molecule has 0 aliphatic rings. The van der Waals surface area contributed by atoms with Crippen LogP contribution in [0, 0.1) is 0 Å². The molecule has 0 bridgehead atoms. The first-order valence-electron chi connectivity index (χ1n) is 9.41. The summed E-state index contributed by atoms with van der Waals surface area (Å²) in [6.45, 7) is 19.9. The highest BCUT2D eigenvalue weighted by Gasteiger charge is 2.43. The van der Waals surface area contributed by atoms with Crippen LogP contribution in [0.5, 0.6) is 0 Å². The van der Waals surface area contributed by atoms with Crippen LogP contribution in [0.15, 0.2) is 0 Å². The second-order valence-electron chi connectivity index (χ2n) is 5.82. The molecule has 0 amide bonds. The van der Waals surface area contributed by atoms with Crippen molar-refractivity contribution in [1.29, 1.82) is 0 Å². The highest BCUT2D eigenvalue weighted by Crippen LogP contribution is 2.47. The molecule has 0 aromatic heterocycles. The third-order valence-electron chi connectivity index (χ3n) is 3.95. The molecule has 0 spiro atoms. The molecule has 0 aromatic rings. The molecule has 152 valence electrons. The molecular formula is C16H38O4S3Si2. The Hall–Kier alpha value is 1.32. The summed E-state index contributed by atoms with van der Waals surface area (Å²) in [7, 11) is 1.35. The molecule has 2 unspecified atom stereocenters. The number of rotatable bonds is 16. The van der Waals surface area contributed by atoms with Gasteiger partial charge in [-0.05, 0) is 63.5 Å². The van der Waals surface area contributed by atoms with Gasteiger partial charge in [0.25, 0.3) is 0 Å². The molecule has 0 rings (SSSR count). The Balaban J connectivity index is 4.83. The normalized spacial score (nSPS) is 15.4. The summed E-state index contributed by atoms with van der Waals surface area (Å²) < 4.78 is 24.3. The Morgan fingerprint density at radius 1 is 0.600 bits per heavy atom. The summed E-state index contributed by atoms with van der Waals surface area (Å²) in [5.74, 6) is 0. The standard InChI is InChI=1S/C16H38O4S3Si2/c1-9-15(24(7,17-11-3)18-12-4)21-23-22-16(10-2)25(8,19-13-5)20-14-6/h15-16H,9-14H2,1-8H3. The minimum atomic E-state index is -2.16. The Bertz CT molecular complexity index is 299. The first-order valence-corrected chi connectivity index (χ1v) is 17.8. The van der Waals surface area contributed by atoms with Crippen molar-refractivity contribution in [2.45, 2.75) is 77.2 Å². The van der Waals surface area contributed by atoms with E-state index in [1.807, 2.05) is 31.4 Å². The average molecular weight is 447 g/mol. The molecule has 0 saturated carbocycles. The smallest absolute Gasteiger partial charge is 0.349 e. The Labute approximate surface area is 169 Å². The molecule has 0 saturated heterocycles. The van der Waals surface area contributed by atoms with Gasteiger partial charge in [-0.2, -0.15) is 0 Å². The minimum absolute atomic E-state index is 0.412. The number of hydrogen-bond acceptors (Lipinski definition) is 7. The van der Waals surface area contributed by atoms with Crippen molar-refractivity contribution in [3.8, 4) is 0 Å². The Kier molecular flexibility index (Phi) is 15.1. The zero-order chi connectivity index (χ0) is 19.3. The predicted octanol–water partition coefficient (Wildman–Crippen LogP) is 5.94. The SMILES string of the molecule is CCO[Si](C)(OCC)C(CC)SSSC(CC)[Si](C)(OCC)OCC.